The highest BCUT2D eigenvalue weighted by molar-refractivity contribution is 5.88. The van der Waals surface area contributed by atoms with Crippen LogP contribution in [-0.2, 0) is 4.79 Å². The van der Waals surface area contributed by atoms with Gasteiger partial charge in [-0.2, -0.15) is 0 Å². The Bertz CT molecular complexity index is 689. The normalized spacial score (nSPS) is 11.1. The minimum atomic E-state index is 0.0257. The minimum Gasteiger partial charge on any atom is -0.489 e. The molecule has 2 aromatic carbocycles. The van der Waals surface area contributed by atoms with Crippen molar-refractivity contribution in [2.45, 2.75) is 20.8 Å². The molecule has 0 saturated carbocycles. The van der Waals surface area contributed by atoms with Gasteiger partial charge in [0.25, 0.3) is 0 Å². The Morgan fingerprint density at radius 3 is 2.08 bits per heavy atom. The largest absolute Gasteiger partial charge is 0.489 e. The van der Waals surface area contributed by atoms with Gasteiger partial charge in [0.2, 0.25) is 5.91 Å². The molecule has 2 aromatic rings. The summed E-state index contributed by atoms with van der Waals surface area (Å²) in [5.74, 6) is 2.31. The average Bonchev–Trinajstić information content (AvgIpc) is 2.63. The van der Waals surface area contributed by atoms with Crippen LogP contribution in [0.2, 0.25) is 0 Å². The molecule has 0 aromatic heterocycles. The fourth-order valence-corrected chi connectivity index (χ4v) is 2.30. The van der Waals surface area contributed by atoms with Crippen LogP contribution in [0.4, 0.5) is 0 Å². The Balaban J connectivity index is 1.87. The lowest BCUT2D eigenvalue weighted by molar-refractivity contribution is -0.125. The number of likely N-dealkylation sites (N-methyl/N-ethyl adjacent to an activating group) is 1. The maximum Gasteiger partial charge on any atom is 0.246 e. The second-order valence-corrected chi connectivity index (χ2v) is 5.68. The van der Waals surface area contributed by atoms with E-state index < -0.39 is 0 Å². The lowest BCUT2D eigenvalue weighted by Crippen LogP contribution is -2.29. The molecular weight excluding hydrogens is 314 g/mol. The number of hydrogen-bond acceptors (Lipinski definition) is 3. The number of amides is 1. The monoisotopic (exact) mass is 339 g/mol. The van der Waals surface area contributed by atoms with Crippen molar-refractivity contribution < 1.29 is 14.3 Å². The van der Waals surface area contributed by atoms with Gasteiger partial charge in [-0.15, -0.1) is 0 Å². The molecule has 0 bridgehead atoms. The van der Waals surface area contributed by atoms with Crippen LogP contribution in [-0.4, -0.2) is 30.5 Å². The first-order chi connectivity index (χ1) is 12.1. The van der Waals surface area contributed by atoms with Crippen LogP contribution in [0.25, 0.3) is 0 Å². The van der Waals surface area contributed by atoms with Crippen LogP contribution in [0.5, 0.6) is 17.2 Å². The van der Waals surface area contributed by atoms with E-state index in [2.05, 4.69) is 0 Å². The minimum absolute atomic E-state index is 0.0257. The Kier molecular flexibility index (Phi) is 7.08. The molecule has 25 heavy (non-hydrogen) atoms. The van der Waals surface area contributed by atoms with Crippen LogP contribution >= 0.6 is 0 Å². The van der Waals surface area contributed by atoms with Gasteiger partial charge >= 0.3 is 0 Å². The third-order valence-corrected chi connectivity index (χ3v) is 3.71. The molecule has 0 N–H and O–H groups in total. The van der Waals surface area contributed by atoms with Gasteiger partial charge < -0.3 is 14.4 Å². The maximum absolute atomic E-state index is 12.0. The molecule has 0 unspecified atom stereocenters. The van der Waals surface area contributed by atoms with E-state index in [4.69, 9.17) is 9.47 Å². The van der Waals surface area contributed by atoms with Crippen LogP contribution in [0.3, 0.4) is 0 Å². The number of rotatable bonds is 8. The SMILES string of the molecule is CCN(CC)C(=O)/C=C(\C)COc1ccc(Oc2ccccc2)cc1. The predicted octanol–water partition coefficient (Wildman–Crippen LogP) is 4.67. The van der Waals surface area contributed by atoms with E-state index in [0.717, 1.165) is 22.8 Å². The Labute approximate surface area is 149 Å². The molecule has 0 fully saturated rings. The number of para-hydroxylation sites is 1. The summed E-state index contributed by atoms with van der Waals surface area (Å²) in [6, 6.07) is 17.1. The van der Waals surface area contributed by atoms with Gasteiger partial charge in [0.05, 0.1) is 0 Å². The van der Waals surface area contributed by atoms with E-state index in [9.17, 15) is 4.79 Å². The molecule has 0 aliphatic rings. The van der Waals surface area contributed by atoms with Crippen molar-refractivity contribution in [3.05, 3.63) is 66.2 Å². The summed E-state index contributed by atoms with van der Waals surface area (Å²) >= 11 is 0. The highest BCUT2D eigenvalue weighted by atomic mass is 16.5. The van der Waals surface area contributed by atoms with Crippen LogP contribution in [0.1, 0.15) is 20.8 Å². The van der Waals surface area contributed by atoms with Crippen molar-refractivity contribution in [3.8, 4) is 17.2 Å². The molecule has 0 aliphatic carbocycles. The first kappa shape index (κ1) is 18.6. The molecule has 1 amide bonds. The number of benzene rings is 2. The van der Waals surface area contributed by atoms with Gasteiger partial charge in [-0.1, -0.05) is 18.2 Å². The molecule has 0 radical (unpaired) electrons. The van der Waals surface area contributed by atoms with Crippen molar-refractivity contribution in [2.75, 3.05) is 19.7 Å². The molecule has 0 saturated heterocycles. The Hall–Kier alpha value is -2.75. The van der Waals surface area contributed by atoms with Gasteiger partial charge in [-0.25, -0.2) is 0 Å². The predicted molar refractivity (Wildman–Crippen MR) is 100 cm³/mol. The molecular formula is C21H25NO3. The zero-order valence-electron chi connectivity index (χ0n) is 15.1. The second kappa shape index (κ2) is 9.52. The fraction of sp³-hybridized carbons (Fsp3) is 0.286. The number of ether oxygens (including phenoxy) is 2. The third-order valence-electron chi connectivity index (χ3n) is 3.71. The van der Waals surface area contributed by atoms with Crippen LogP contribution < -0.4 is 9.47 Å². The molecule has 132 valence electrons. The van der Waals surface area contributed by atoms with Crippen molar-refractivity contribution in [2.24, 2.45) is 0 Å². The molecule has 0 heterocycles. The van der Waals surface area contributed by atoms with Gasteiger partial charge in [0.15, 0.2) is 0 Å². The summed E-state index contributed by atoms with van der Waals surface area (Å²) in [7, 11) is 0. The van der Waals surface area contributed by atoms with Gasteiger partial charge in [0, 0.05) is 19.2 Å². The molecule has 0 atom stereocenters. The molecule has 4 heteroatoms. The zero-order chi connectivity index (χ0) is 18.1. The summed E-state index contributed by atoms with van der Waals surface area (Å²) in [5.41, 5.74) is 0.890. The smallest absolute Gasteiger partial charge is 0.246 e. The van der Waals surface area contributed by atoms with Gasteiger partial charge in [-0.05, 0) is 62.7 Å². The molecule has 4 nitrogen and oxygen atoms in total. The number of carbonyl (C=O) groups is 1. The standard InChI is InChI=1S/C21H25NO3/c1-4-22(5-2)21(23)15-17(3)16-24-18-11-13-20(14-12-18)25-19-9-7-6-8-10-19/h6-15H,4-5,16H2,1-3H3/b17-15+. The van der Waals surface area contributed by atoms with Crippen molar-refractivity contribution in [1.29, 1.82) is 0 Å². The van der Waals surface area contributed by atoms with E-state index >= 15 is 0 Å². The highest BCUT2D eigenvalue weighted by Gasteiger charge is 2.06. The summed E-state index contributed by atoms with van der Waals surface area (Å²) in [6.45, 7) is 7.65. The Morgan fingerprint density at radius 2 is 1.48 bits per heavy atom. The number of hydrogen-bond donors (Lipinski definition) is 0. The van der Waals surface area contributed by atoms with Gasteiger partial charge in [0.1, 0.15) is 23.9 Å². The highest BCUT2D eigenvalue weighted by Crippen LogP contribution is 2.23. The second-order valence-electron chi connectivity index (χ2n) is 5.68. The van der Waals surface area contributed by atoms with E-state index in [1.165, 1.54) is 0 Å². The lowest BCUT2D eigenvalue weighted by atomic mass is 10.2. The molecule has 0 spiro atoms. The summed E-state index contributed by atoms with van der Waals surface area (Å²) < 4.78 is 11.5. The van der Waals surface area contributed by atoms with E-state index in [1.807, 2.05) is 75.4 Å². The van der Waals surface area contributed by atoms with Crippen molar-refractivity contribution >= 4 is 5.91 Å². The van der Waals surface area contributed by atoms with Crippen LogP contribution in [0.15, 0.2) is 66.2 Å². The first-order valence-corrected chi connectivity index (χ1v) is 8.54. The maximum atomic E-state index is 12.0. The molecule has 0 aliphatic heterocycles. The van der Waals surface area contributed by atoms with E-state index in [-0.39, 0.29) is 5.91 Å². The van der Waals surface area contributed by atoms with Crippen molar-refractivity contribution in [1.82, 2.24) is 4.90 Å². The number of carbonyl (C=O) groups excluding carboxylic acids is 1. The first-order valence-electron chi connectivity index (χ1n) is 8.54. The Morgan fingerprint density at radius 1 is 0.920 bits per heavy atom. The third kappa shape index (κ3) is 5.99. The van der Waals surface area contributed by atoms with E-state index in [0.29, 0.717) is 19.7 Å². The average molecular weight is 339 g/mol. The summed E-state index contributed by atoms with van der Waals surface area (Å²) in [4.78, 5) is 13.8. The van der Waals surface area contributed by atoms with E-state index in [1.54, 1.807) is 11.0 Å². The topological polar surface area (TPSA) is 38.8 Å². The quantitative estimate of drug-likeness (QED) is 0.656. The van der Waals surface area contributed by atoms with Gasteiger partial charge in [-0.3, -0.25) is 4.79 Å². The van der Waals surface area contributed by atoms with Crippen LogP contribution in [0, 0.1) is 0 Å². The zero-order valence-corrected chi connectivity index (χ0v) is 15.1. The number of nitrogens with zero attached hydrogens (tertiary/aromatic N) is 1. The lowest BCUT2D eigenvalue weighted by Gasteiger charge is -2.16. The summed E-state index contributed by atoms with van der Waals surface area (Å²) in [5, 5.41) is 0. The fourth-order valence-electron chi connectivity index (χ4n) is 2.30. The van der Waals surface area contributed by atoms with Crippen molar-refractivity contribution in [3.63, 3.8) is 0 Å². The summed E-state index contributed by atoms with van der Waals surface area (Å²) in [6.07, 6.45) is 1.64. The molecule has 2 rings (SSSR count).